The van der Waals surface area contributed by atoms with E-state index in [2.05, 4.69) is 5.32 Å². The van der Waals surface area contributed by atoms with Gasteiger partial charge >= 0.3 is 12.0 Å². The minimum atomic E-state index is -0.956. The van der Waals surface area contributed by atoms with Crippen molar-refractivity contribution in [3.63, 3.8) is 0 Å². The van der Waals surface area contributed by atoms with Crippen LogP contribution in [0.3, 0.4) is 0 Å². The van der Waals surface area contributed by atoms with Crippen LogP contribution in [0, 0.1) is 11.8 Å². The Kier molecular flexibility index (Phi) is 4.09. The molecule has 1 aliphatic carbocycles. The number of amides is 2. The van der Waals surface area contributed by atoms with Crippen LogP contribution in [0.4, 0.5) is 4.79 Å². The van der Waals surface area contributed by atoms with Crippen LogP contribution in [0.1, 0.15) is 39.0 Å². The number of rotatable bonds is 3. The molecule has 5 nitrogen and oxygen atoms in total. The predicted octanol–water partition coefficient (Wildman–Crippen LogP) is 1.68. The van der Waals surface area contributed by atoms with Crippen LogP contribution < -0.4 is 5.32 Å². The van der Waals surface area contributed by atoms with Gasteiger partial charge in [-0.2, -0.15) is 0 Å². The number of nitrogens with one attached hydrogen (secondary N) is 1. The Labute approximate surface area is 108 Å². The van der Waals surface area contributed by atoms with Gasteiger partial charge in [0.2, 0.25) is 0 Å². The molecular formula is C13H22N2O3. The zero-order valence-electron chi connectivity index (χ0n) is 10.9. The molecule has 18 heavy (non-hydrogen) atoms. The summed E-state index contributed by atoms with van der Waals surface area (Å²) >= 11 is 0. The number of carbonyl (C=O) groups excluding carboxylic acids is 1. The number of urea groups is 1. The minimum Gasteiger partial charge on any atom is -0.480 e. The van der Waals surface area contributed by atoms with Crippen LogP contribution in [-0.2, 0) is 4.79 Å². The average Bonchev–Trinajstić information content (AvgIpc) is 2.34. The van der Waals surface area contributed by atoms with Crippen molar-refractivity contribution >= 4 is 12.0 Å². The van der Waals surface area contributed by atoms with Gasteiger partial charge in [0, 0.05) is 13.1 Å². The lowest BCUT2D eigenvalue weighted by Crippen LogP contribution is -2.53. The van der Waals surface area contributed by atoms with E-state index < -0.39 is 12.0 Å². The summed E-state index contributed by atoms with van der Waals surface area (Å²) in [6.07, 6.45) is 5.34. The van der Waals surface area contributed by atoms with Gasteiger partial charge in [0.25, 0.3) is 0 Å². The lowest BCUT2D eigenvalue weighted by atomic mass is 9.78. The van der Waals surface area contributed by atoms with Gasteiger partial charge < -0.3 is 15.3 Å². The molecule has 1 heterocycles. The maximum absolute atomic E-state index is 12.1. The number of hydrogen-bond donors (Lipinski definition) is 2. The Hall–Kier alpha value is -1.26. The lowest BCUT2D eigenvalue weighted by molar-refractivity contribution is -0.139. The van der Waals surface area contributed by atoms with Crippen LogP contribution in [0.15, 0.2) is 0 Å². The van der Waals surface area contributed by atoms with Crippen molar-refractivity contribution in [2.75, 3.05) is 13.1 Å². The van der Waals surface area contributed by atoms with Gasteiger partial charge in [-0.05, 0) is 37.5 Å². The number of fused-ring (bicyclic) bond motifs is 2. The molecule has 5 heteroatoms. The molecule has 0 aromatic carbocycles. The first-order valence-electron chi connectivity index (χ1n) is 6.88. The third kappa shape index (κ3) is 2.94. The van der Waals surface area contributed by atoms with Crippen LogP contribution in [-0.4, -0.2) is 41.1 Å². The Morgan fingerprint density at radius 1 is 1.33 bits per heavy atom. The largest absolute Gasteiger partial charge is 0.480 e. The summed E-state index contributed by atoms with van der Waals surface area (Å²) < 4.78 is 0. The molecule has 2 fully saturated rings. The molecule has 2 aliphatic rings. The first-order chi connectivity index (χ1) is 8.60. The summed E-state index contributed by atoms with van der Waals surface area (Å²) in [4.78, 5) is 24.8. The van der Waals surface area contributed by atoms with Gasteiger partial charge in [0.15, 0.2) is 0 Å². The van der Waals surface area contributed by atoms with Gasteiger partial charge in [-0.25, -0.2) is 9.59 Å². The molecule has 0 aromatic rings. The van der Waals surface area contributed by atoms with E-state index >= 15 is 0 Å². The summed E-state index contributed by atoms with van der Waals surface area (Å²) in [5.74, 6) is 0.282. The molecule has 102 valence electrons. The second-order valence-corrected chi connectivity index (χ2v) is 5.55. The third-order valence-electron chi connectivity index (χ3n) is 4.14. The number of piperidine rings is 1. The number of aliphatic carboxylic acids is 1. The molecule has 1 aliphatic heterocycles. The number of nitrogens with zero attached hydrogens (tertiary/aromatic N) is 1. The predicted molar refractivity (Wildman–Crippen MR) is 67.3 cm³/mol. The molecule has 2 rings (SSSR count). The molecule has 2 N–H and O–H groups in total. The number of carboxylic acids is 1. The van der Waals surface area contributed by atoms with E-state index in [4.69, 9.17) is 5.11 Å². The molecule has 0 radical (unpaired) electrons. The Balaban J connectivity index is 1.91. The summed E-state index contributed by atoms with van der Waals surface area (Å²) in [5.41, 5.74) is 0. The molecular weight excluding hydrogens is 232 g/mol. The summed E-state index contributed by atoms with van der Waals surface area (Å²) in [6, 6.07) is -0.972. The molecule has 1 saturated heterocycles. The summed E-state index contributed by atoms with van der Waals surface area (Å²) in [7, 11) is 0. The normalized spacial score (nSPS) is 28.6. The molecule has 3 atom stereocenters. The fourth-order valence-corrected chi connectivity index (χ4v) is 3.18. The molecule has 2 bridgehead atoms. The molecule has 1 saturated carbocycles. The fraction of sp³-hybridized carbons (Fsp3) is 0.846. The van der Waals surface area contributed by atoms with E-state index in [1.165, 1.54) is 25.7 Å². The first-order valence-corrected chi connectivity index (χ1v) is 6.88. The SMILES string of the molecule is CCC(NC(=O)N1CC2CCCC(C2)C1)C(=O)O. The summed E-state index contributed by atoms with van der Waals surface area (Å²) in [5, 5.41) is 11.6. The van der Waals surface area contributed by atoms with E-state index in [1.807, 2.05) is 4.90 Å². The van der Waals surface area contributed by atoms with Crippen molar-refractivity contribution in [2.45, 2.75) is 45.1 Å². The van der Waals surface area contributed by atoms with Crippen LogP contribution >= 0.6 is 0 Å². The summed E-state index contributed by atoms with van der Waals surface area (Å²) in [6.45, 7) is 3.35. The second-order valence-electron chi connectivity index (χ2n) is 5.55. The van der Waals surface area contributed by atoms with E-state index in [9.17, 15) is 9.59 Å². The molecule has 0 spiro atoms. The average molecular weight is 254 g/mol. The molecule has 3 unspecified atom stereocenters. The Morgan fingerprint density at radius 3 is 2.44 bits per heavy atom. The lowest BCUT2D eigenvalue weighted by Gasteiger charge is -2.41. The van der Waals surface area contributed by atoms with Crippen LogP contribution in [0.5, 0.6) is 0 Å². The maximum atomic E-state index is 12.1. The van der Waals surface area contributed by atoms with Crippen molar-refractivity contribution in [2.24, 2.45) is 11.8 Å². The van der Waals surface area contributed by atoms with Gasteiger partial charge in [0.1, 0.15) is 6.04 Å². The second kappa shape index (κ2) is 5.59. The number of hydrogen-bond acceptors (Lipinski definition) is 2. The highest BCUT2D eigenvalue weighted by atomic mass is 16.4. The topological polar surface area (TPSA) is 69.6 Å². The Bertz CT molecular complexity index is 320. The molecule has 2 amide bonds. The quantitative estimate of drug-likeness (QED) is 0.805. The van der Waals surface area contributed by atoms with E-state index in [-0.39, 0.29) is 6.03 Å². The van der Waals surface area contributed by atoms with Crippen molar-refractivity contribution in [1.29, 1.82) is 0 Å². The first kappa shape index (κ1) is 13.2. The van der Waals surface area contributed by atoms with Crippen molar-refractivity contribution in [3.05, 3.63) is 0 Å². The van der Waals surface area contributed by atoms with Crippen molar-refractivity contribution in [3.8, 4) is 0 Å². The van der Waals surface area contributed by atoms with Crippen LogP contribution in [0.2, 0.25) is 0 Å². The van der Waals surface area contributed by atoms with E-state index in [0.29, 0.717) is 18.3 Å². The smallest absolute Gasteiger partial charge is 0.326 e. The zero-order chi connectivity index (χ0) is 13.1. The fourth-order valence-electron chi connectivity index (χ4n) is 3.18. The monoisotopic (exact) mass is 254 g/mol. The van der Waals surface area contributed by atoms with Gasteiger partial charge in [-0.1, -0.05) is 13.3 Å². The van der Waals surface area contributed by atoms with Crippen molar-refractivity contribution in [1.82, 2.24) is 10.2 Å². The standard InChI is InChI=1S/C13H22N2O3/c1-2-11(12(16)17)14-13(18)15-7-9-4-3-5-10(6-9)8-15/h9-11H,2-8H2,1H3,(H,14,18)(H,16,17). The number of carboxylic acid groups (broad SMARTS) is 1. The van der Waals surface area contributed by atoms with Crippen molar-refractivity contribution < 1.29 is 14.7 Å². The highest BCUT2D eigenvalue weighted by Gasteiger charge is 2.33. The third-order valence-corrected chi connectivity index (χ3v) is 4.14. The zero-order valence-corrected chi connectivity index (χ0v) is 10.9. The van der Waals surface area contributed by atoms with Gasteiger partial charge in [0.05, 0.1) is 0 Å². The maximum Gasteiger partial charge on any atom is 0.326 e. The number of carbonyl (C=O) groups is 2. The highest BCUT2D eigenvalue weighted by Crippen LogP contribution is 2.34. The van der Waals surface area contributed by atoms with E-state index in [1.54, 1.807) is 6.92 Å². The van der Waals surface area contributed by atoms with E-state index in [0.717, 1.165) is 13.1 Å². The minimum absolute atomic E-state index is 0.208. The van der Waals surface area contributed by atoms with Crippen LogP contribution in [0.25, 0.3) is 0 Å². The van der Waals surface area contributed by atoms with Gasteiger partial charge in [-0.3, -0.25) is 0 Å². The Morgan fingerprint density at radius 2 is 1.94 bits per heavy atom. The van der Waals surface area contributed by atoms with Gasteiger partial charge in [-0.15, -0.1) is 0 Å². The highest BCUT2D eigenvalue weighted by molar-refractivity contribution is 5.82. The molecule has 0 aromatic heterocycles. The number of likely N-dealkylation sites (tertiary alicyclic amines) is 1.